The Labute approximate surface area is 109 Å². The van der Waals surface area contributed by atoms with E-state index in [2.05, 4.69) is 30.3 Å². The van der Waals surface area contributed by atoms with Crippen molar-refractivity contribution in [2.75, 3.05) is 26.7 Å². The Morgan fingerprint density at radius 3 is 2.89 bits per heavy atom. The molecule has 2 atom stereocenters. The molecule has 1 fully saturated rings. The summed E-state index contributed by atoms with van der Waals surface area (Å²) < 4.78 is 13.7. The number of hydrogen-bond donors (Lipinski definition) is 1. The smallest absolute Gasteiger partial charge is 0.126 e. The van der Waals surface area contributed by atoms with Crippen LogP contribution in [-0.4, -0.2) is 31.6 Å². The fraction of sp³-hybridized carbons (Fsp3) is 0.600. The predicted octanol–water partition coefficient (Wildman–Crippen LogP) is 2.74. The summed E-state index contributed by atoms with van der Waals surface area (Å²) >= 11 is 0. The van der Waals surface area contributed by atoms with Crippen LogP contribution in [0.1, 0.15) is 30.5 Å². The number of nitrogens with zero attached hydrogens (tertiary/aromatic N) is 1. The summed E-state index contributed by atoms with van der Waals surface area (Å²) in [4.78, 5) is 2.34. The molecule has 100 valence electrons. The van der Waals surface area contributed by atoms with E-state index in [0.29, 0.717) is 12.0 Å². The Kier molecular flexibility index (Phi) is 4.36. The number of aryl methyl sites for hydroxylation is 1. The van der Waals surface area contributed by atoms with Gasteiger partial charge in [-0.1, -0.05) is 19.1 Å². The Morgan fingerprint density at radius 2 is 2.22 bits per heavy atom. The Morgan fingerprint density at radius 1 is 1.44 bits per heavy atom. The first-order valence-electron chi connectivity index (χ1n) is 6.80. The highest BCUT2D eigenvalue weighted by atomic mass is 19.1. The number of hydrogen-bond acceptors (Lipinski definition) is 2. The van der Waals surface area contributed by atoms with Crippen molar-refractivity contribution in [3.05, 3.63) is 35.1 Å². The summed E-state index contributed by atoms with van der Waals surface area (Å²) in [5.74, 6) is 0.493. The summed E-state index contributed by atoms with van der Waals surface area (Å²) in [6, 6.07) is 6.02. The van der Waals surface area contributed by atoms with Crippen LogP contribution in [0.3, 0.4) is 0 Å². The fourth-order valence-electron chi connectivity index (χ4n) is 2.89. The quantitative estimate of drug-likeness (QED) is 0.884. The van der Waals surface area contributed by atoms with Crippen molar-refractivity contribution in [1.82, 2.24) is 10.2 Å². The molecule has 1 aromatic rings. The van der Waals surface area contributed by atoms with E-state index in [9.17, 15) is 4.39 Å². The molecule has 0 aliphatic carbocycles. The Balaban J connectivity index is 2.19. The minimum absolute atomic E-state index is 0.0880. The maximum Gasteiger partial charge on any atom is 0.126 e. The van der Waals surface area contributed by atoms with Gasteiger partial charge in [0.1, 0.15) is 5.82 Å². The molecule has 0 aromatic heterocycles. The minimum Gasteiger partial charge on any atom is -0.317 e. The van der Waals surface area contributed by atoms with Gasteiger partial charge >= 0.3 is 0 Å². The van der Waals surface area contributed by atoms with E-state index in [1.54, 1.807) is 6.07 Å². The predicted molar refractivity (Wildman–Crippen MR) is 73.2 cm³/mol. The van der Waals surface area contributed by atoms with Crippen LogP contribution < -0.4 is 5.32 Å². The Bertz CT molecular complexity index is 405. The van der Waals surface area contributed by atoms with Crippen molar-refractivity contribution in [2.24, 2.45) is 5.92 Å². The highest BCUT2D eigenvalue weighted by molar-refractivity contribution is 5.27. The molecular weight excluding hydrogens is 227 g/mol. The second kappa shape index (κ2) is 5.81. The van der Waals surface area contributed by atoms with Crippen molar-refractivity contribution in [1.29, 1.82) is 0 Å². The highest BCUT2D eigenvalue weighted by Crippen LogP contribution is 2.36. The van der Waals surface area contributed by atoms with Crippen LogP contribution in [0.4, 0.5) is 4.39 Å². The highest BCUT2D eigenvalue weighted by Gasteiger charge is 2.32. The van der Waals surface area contributed by atoms with Crippen LogP contribution in [0.15, 0.2) is 18.2 Å². The maximum absolute atomic E-state index is 13.7. The molecule has 1 heterocycles. The summed E-state index contributed by atoms with van der Waals surface area (Å²) in [6.45, 7) is 7.04. The Hall–Kier alpha value is -0.930. The lowest BCUT2D eigenvalue weighted by atomic mass is 9.93. The van der Waals surface area contributed by atoms with Gasteiger partial charge in [0.05, 0.1) is 0 Å². The van der Waals surface area contributed by atoms with Gasteiger partial charge in [0.15, 0.2) is 0 Å². The fourth-order valence-corrected chi connectivity index (χ4v) is 2.89. The average Bonchev–Trinajstić information content (AvgIpc) is 2.71. The van der Waals surface area contributed by atoms with Crippen LogP contribution in [0.5, 0.6) is 0 Å². The molecule has 0 saturated carbocycles. The first-order valence-corrected chi connectivity index (χ1v) is 6.80. The van der Waals surface area contributed by atoms with Crippen LogP contribution in [0.2, 0.25) is 0 Å². The molecule has 1 N–H and O–H groups in total. The zero-order chi connectivity index (χ0) is 13.1. The number of rotatable bonds is 4. The SMILES string of the molecule is CCNCC1CCN(C)C1c1ccc(C)c(F)c1. The van der Waals surface area contributed by atoms with E-state index in [0.717, 1.165) is 30.8 Å². The van der Waals surface area contributed by atoms with Crippen LogP contribution in [-0.2, 0) is 0 Å². The third-order valence-electron chi connectivity index (χ3n) is 3.97. The molecule has 18 heavy (non-hydrogen) atoms. The molecule has 1 saturated heterocycles. The maximum atomic E-state index is 13.7. The molecule has 2 rings (SSSR count). The topological polar surface area (TPSA) is 15.3 Å². The third-order valence-corrected chi connectivity index (χ3v) is 3.97. The van der Waals surface area contributed by atoms with E-state index in [-0.39, 0.29) is 5.82 Å². The molecule has 1 aromatic carbocycles. The summed E-state index contributed by atoms with van der Waals surface area (Å²) in [7, 11) is 2.13. The third kappa shape index (κ3) is 2.73. The summed E-state index contributed by atoms with van der Waals surface area (Å²) in [5.41, 5.74) is 1.84. The van der Waals surface area contributed by atoms with Crippen molar-refractivity contribution in [3.63, 3.8) is 0 Å². The van der Waals surface area contributed by atoms with Gasteiger partial charge in [-0.2, -0.15) is 0 Å². The normalized spacial score (nSPS) is 24.7. The van der Waals surface area contributed by atoms with Crippen molar-refractivity contribution < 1.29 is 4.39 Å². The van der Waals surface area contributed by atoms with E-state index in [4.69, 9.17) is 0 Å². The van der Waals surface area contributed by atoms with Gasteiger partial charge in [0.25, 0.3) is 0 Å². The number of likely N-dealkylation sites (tertiary alicyclic amines) is 1. The summed E-state index contributed by atoms with van der Waals surface area (Å²) in [6.07, 6.45) is 1.18. The number of benzene rings is 1. The van der Waals surface area contributed by atoms with Crippen molar-refractivity contribution in [2.45, 2.75) is 26.3 Å². The molecular formula is C15H23FN2. The second-order valence-corrected chi connectivity index (χ2v) is 5.29. The van der Waals surface area contributed by atoms with Crippen molar-refractivity contribution >= 4 is 0 Å². The van der Waals surface area contributed by atoms with Crippen LogP contribution in [0.25, 0.3) is 0 Å². The first kappa shape index (κ1) is 13.5. The van der Waals surface area contributed by atoms with Gasteiger partial charge in [-0.05, 0) is 63.1 Å². The summed E-state index contributed by atoms with van der Waals surface area (Å²) in [5, 5.41) is 3.42. The molecule has 3 heteroatoms. The lowest BCUT2D eigenvalue weighted by Gasteiger charge is -2.26. The monoisotopic (exact) mass is 250 g/mol. The number of nitrogens with one attached hydrogen (secondary N) is 1. The van der Waals surface area contributed by atoms with Gasteiger partial charge < -0.3 is 5.32 Å². The zero-order valence-electron chi connectivity index (χ0n) is 11.5. The molecule has 0 spiro atoms. The van der Waals surface area contributed by atoms with E-state index in [1.165, 1.54) is 6.42 Å². The molecule has 0 bridgehead atoms. The molecule has 1 aliphatic heterocycles. The van der Waals surface area contributed by atoms with Gasteiger partial charge in [-0.25, -0.2) is 4.39 Å². The minimum atomic E-state index is -0.0880. The van der Waals surface area contributed by atoms with E-state index < -0.39 is 0 Å². The molecule has 0 amide bonds. The lowest BCUT2D eigenvalue weighted by molar-refractivity contribution is 0.272. The van der Waals surface area contributed by atoms with Gasteiger partial charge in [-0.15, -0.1) is 0 Å². The zero-order valence-corrected chi connectivity index (χ0v) is 11.5. The standard InChI is InChI=1S/C15H23FN2/c1-4-17-10-13-7-8-18(3)15(13)12-6-5-11(2)14(16)9-12/h5-6,9,13,15,17H,4,7-8,10H2,1-3H3. The van der Waals surface area contributed by atoms with E-state index in [1.807, 2.05) is 13.0 Å². The second-order valence-electron chi connectivity index (χ2n) is 5.29. The van der Waals surface area contributed by atoms with Gasteiger partial charge in [0.2, 0.25) is 0 Å². The largest absolute Gasteiger partial charge is 0.317 e. The van der Waals surface area contributed by atoms with Crippen molar-refractivity contribution in [3.8, 4) is 0 Å². The lowest BCUT2D eigenvalue weighted by Crippen LogP contribution is -2.28. The molecule has 2 nitrogen and oxygen atoms in total. The average molecular weight is 250 g/mol. The molecule has 0 radical (unpaired) electrons. The van der Waals surface area contributed by atoms with Crippen LogP contribution in [0, 0.1) is 18.7 Å². The molecule has 1 aliphatic rings. The molecule has 2 unspecified atom stereocenters. The van der Waals surface area contributed by atoms with E-state index >= 15 is 0 Å². The number of halogens is 1. The van der Waals surface area contributed by atoms with Crippen LogP contribution >= 0.6 is 0 Å². The van der Waals surface area contributed by atoms with Gasteiger partial charge in [0, 0.05) is 6.04 Å². The first-order chi connectivity index (χ1) is 8.63. The van der Waals surface area contributed by atoms with Gasteiger partial charge in [-0.3, -0.25) is 4.90 Å².